The van der Waals surface area contributed by atoms with Gasteiger partial charge in [-0.15, -0.1) is 11.8 Å². The zero-order valence-electron chi connectivity index (χ0n) is 23.8. The van der Waals surface area contributed by atoms with E-state index in [0.717, 1.165) is 16.7 Å². The van der Waals surface area contributed by atoms with Gasteiger partial charge in [-0.25, -0.2) is 4.79 Å². The molecule has 0 unspecified atom stereocenters. The summed E-state index contributed by atoms with van der Waals surface area (Å²) < 4.78 is -0.503. The maximum atomic E-state index is 13.9. The van der Waals surface area contributed by atoms with E-state index in [-0.39, 0.29) is 23.3 Å². The molecule has 0 spiro atoms. The molecule has 3 aromatic rings. The summed E-state index contributed by atoms with van der Waals surface area (Å²) in [4.78, 5) is 45.6. The molecule has 2 aromatic carbocycles. The number of para-hydroxylation sites is 1. The van der Waals surface area contributed by atoms with Crippen LogP contribution in [0.5, 0.6) is 5.75 Å². The van der Waals surface area contributed by atoms with Crippen molar-refractivity contribution in [3.05, 3.63) is 89.2 Å². The van der Waals surface area contributed by atoms with Crippen LogP contribution in [0.2, 0.25) is 0 Å². The number of phenolic OH excluding ortho intramolecular Hbond substituents is 1. The van der Waals surface area contributed by atoms with E-state index in [1.807, 2.05) is 64.1 Å². The van der Waals surface area contributed by atoms with Crippen molar-refractivity contribution >= 4 is 35.3 Å². The van der Waals surface area contributed by atoms with Crippen LogP contribution in [0.1, 0.15) is 55.4 Å². The molecule has 2 atom stereocenters. The largest absolute Gasteiger partial charge is 0.505 e. The molecule has 10 heteroatoms. The van der Waals surface area contributed by atoms with Crippen molar-refractivity contribution in [3.63, 3.8) is 0 Å². The molecule has 1 saturated heterocycles. The number of nitrogens with zero attached hydrogens (tertiary/aromatic N) is 2. The Hall–Kier alpha value is -4.05. The fraction of sp³-hybridized carbons (Fsp3) is 0.355. The van der Waals surface area contributed by atoms with Crippen LogP contribution in [0.3, 0.4) is 0 Å². The maximum absolute atomic E-state index is 13.9. The first-order valence-corrected chi connectivity index (χ1v) is 14.6. The molecule has 1 aromatic heterocycles. The molecule has 1 aliphatic rings. The van der Waals surface area contributed by atoms with Crippen LogP contribution in [-0.2, 0) is 22.7 Å². The first-order chi connectivity index (χ1) is 19.6. The second-order valence-electron chi connectivity index (χ2n) is 10.6. The van der Waals surface area contributed by atoms with Crippen molar-refractivity contribution in [1.82, 2.24) is 20.5 Å². The van der Waals surface area contributed by atoms with Crippen LogP contribution in [0, 0.1) is 6.92 Å². The van der Waals surface area contributed by atoms with Gasteiger partial charge in [0.25, 0.3) is 0 Å². The number of rotatable bonds is 9. The second kappa shape index (κ2) is 13.1. The van der Waals surface area contributed by atoms with E-state index < -0.39 is 22.7 Å². The van der Waals surface area contributed by atoms with Gasteiger partial charge in [0.15, 0.2) is 0 Å². The average Bonchev–Trinajstić information content (AvgIpc) is 3.29. The molecule has 216 valence electrons. The Morgan fingerprint density at radius 1 is 1.05 bits per heavy atom. The van der Waals surface area contributed by atoms with E-state index in [1.165, 1.54) is 0 Å². The van der Waals surface area contributed by atoms with Gasteiger partial charge in [0, 0.05) is 35.8 Å². The van der Waals surface area contributed by atoms with Crippen molar-refractivity contribution < 1.29 is 19.5 Å². The molecule has 0 bridgehead atoms. The predicted molar refractivity (Wildman–Crippen MR) is 161 cm³/mol. The van der Waals surface area contributed by atoms with Crippen LogP contribution in [0.4, 0.5) is 10.5 Å². The summed E-state index contributed by atoms with van der Waals surface area (Å²) in [7, 11) is 0. The minimum absolute atomic E-state index is 0.163. The number of hydrogen-bond donors (Lipinski definition) is 4. The van der Waals surface area contributed by atoms with E-state index in [4.69, 9.17) is 0 Å². The van der Waals surface area contributed by atoms with Crippen molar-refractivity contribution in [2.24, 2.45) is 0 Å². The number of nitrogens with one attached hydrogen (secondary N) is 3. The van der Waals surface area contributed by atoms with E-state index in [0.29, 0.717) is 31.0 Å². The van der Waals surface area contributed by atoms with Crippen molar-refractivity contribution in [3.8, 4) is 5.75 Å². The number of amides is 4. The quantitative estimate of drug-likeness (QED) is 0.269. The van der Waals surface area contributed by atoms with E-state index >= 15 is 0 Å². The molecule has 1 fully saturated rings. The Balaban J connectivity index is 1.48. The zero-order chi connectivity index (χ0) is 29.6. The normalized spacial score (nSPS) is 16.6. The number of benzene rings is 2. The predicted octanol–water partition coefficient (Wildman–Crippen LogP) is 4.91. The number of phenols is 1. The van der Waals surface area contributed by atoms with Gasteiger partial charge in [-0.2, -0.15) is 0 Å². The van der Waals surface area contributed by atoms with Gasteiger partial charge in [0.05, 0.1) is 17.5 Å². The zero-order valence-corrected chi connectivity index (χ0v) is 24.6. The third-order valence-corrected chi connectivity index (χ3v) is 8.77. The van der Waals surface area contributed by atoms with Gasteiger partial charge in [-0.05, 0) is 62.1 Å². The lowest BCUT2D eigenvalue weighted by molar-refractivity contribution is -0.140. The number of carbonyl (C=O) groups excluding carboxylic acids is 3. The molecule has 41 heavy (non-hydrogen) atoms. The molecule has 4 amide bonds. The number of hydrogen-bond acceptors (Lipinski definition) is 6. The van der Waals surface area contributed by atoms with Gasteiger partial charge in [-0.3, -0.25) is 14.6 Å². The van der Waals surface area contributed by atoms with Gasteiger partial charge in [0.1, 0.15) is 11.8 Å². The SMILES string of the molecule is CC[C@H](C(=O)N1CSC(C)(C)[C@@H]1C(=O)NCc1ccncc1)c1cccc(NC(=O)NCc2ccccc2C)c1O. The summed E-state index contributed by atoms with van der Waals surface area (Å²) in [5, 5.41) is 19.6. The monoisotopic (exact) mass is 575 g/mol. The third kappa shape index (κ3) is 7.00. The average molecular weight is 576 g/mol. The van der Waals surface area contributed by atoms with E-state index in [9.17, 15) is 19.5 Å². The molecule has 9 nitrogen and oxygen atoms in total. The first-order valence-electron chi connectivity index (χ1n) is 13.6. The molecule has 4 rings (SSSR count). The van der Waals surface area contributed by atoms with Gasteiger partial charge in [0.2, 0.25) is 11.8 Å². The highest BCUT2D eigenvalue weighted by Gasteiger charge is 2.49. The molecular formula is C31H37N5O4S. The minimum Gasteiger partial charge on any atom is -0.505 e. The summed E-state index contributed by atoms with van der Waals surface area (Å²) in [5.74, 6) is -0.980. The Kier molecular flexibility index (Phi) is 9.54. The van der Waals surface area contributed by atoms with Gasteiger partial charge < -0.3 is 26.0 Å². The van der Waals surface area contributed by atoms with Crippen LogP contribution < -0.4 is 16.0 Å². The third-order valence-electron chi connectivity index (χ3n) is 7.39. The highest BCUT2D eigenvalue weighted by atomic mass is 32.2. The molecule has 0 aliphatic carbocycles. The first kappa shape index (κ1) is 29.9. The number of aryl methyl sites for hydroxylation is 1. The molecule has 0 radical (unpaired) electrons. The van der Waals surface area contributed by atoms with Gasteiger partial charge >= 0.3 is 6.03 Å². The van der Waals surface area contributed by atoms with Gasteiger partial charge in [-0.1, -0.05) is 43.3 Å². The number of urea groups is 1. The number of pyridine rings is 1. The smallest absolute Gasteiger partial charge is 0.319 e. The van der Waals surface area contributed by atoms with Crippen LogP contribution in [0.25, 0.3) is 0 Å². The Labute approximate surface area is 245 Å². The number of carbonyl (C=O) groups is 3. The topological polar surface area (TPSA) is 124 Å². The lowest BCUT2D eigenvalue weighted by Gasteiger charge is -2.32. The Morgan fingerprint density at radius 3 is 2.49 bits per heavy atom. The second-order valence-corrected chi connectivity index (χ2v) is 12.2. The standard InChI is InChI=1S/C31H37N5O4S/c1-5-23(24-11-8-12-25(26(24)37)35-30(40)34-18-22-10-7-6-9-20(22)2)29(39)36-19-41-31(3,4)27(36)28(38)33-17-21-13-15-32-16-14-21/h6-16,23,27,37H,5,17-19H2,1-4H3,(H,33,38)(H2,34,35,40)/t23-,27-/m0/s1. The van der Waals surface area contributed by atoms with Crippen molar-refractivity contribution in [2.45, 2.75) is 63.9 Å². The molecule has 4 N–H and O–H groups in total. The lowest BCUT2D eigenvalue weighted by Crippen LogP contribution is -2.54. The summed E-state index contributed by atoms with van der Waals surface area (Å²) >= 11 is 1.54. The summed E-state index contributed by atoms with van der Waals surface area (Å²) in [6.45, 7) is 8.42. The van der Waals surface area contributed by atoms with Crippen LogP contribution >= 0.6 is 11.8 Å². The molecule has 0 saturated carbocycles. The molecular weight excluding hydrogens is 538 g/mol. The van der Waals surface area contributed by atoms with Crippen molar-refractivity contribution in [2.75, 3.05) is 11.2 Å². The van der Waals surface area contributed by atoms with E-state index in [1.54, 1.807) is 47.3 Å². The summed E-state index contributed by atoms with van der Waals surface area (Å²) in [6.07, 6.45) is 3.74. The van der Waals surface area contributed by atoms with E-state index in [2.05, 4.69) is 20.9 Å². The highest BCUT2D eigenvalue weighted by Crippen LogP contribution is 2.43. The summed E-state index contributed by atoms with van der Waals surface area (Å²) in [6, 6.07) is 15.2. The Morgan fingerprint density at radius 2 is 1.78 bits per heavy atom. The minimum atomic E-state index is -0.697. The summed E-state index contributed by atoms with van der Waals surface area (Å²) in [5.41, 5.74) is 3.58. The lowest BCUT2D eigenvalue weighted by atomic mass is 9.91. The Bertz CT molecular complexity index is 1400. The maximum Gasteiger partial charge on any atom is 0.319 e. The van der Waals surface area contributed by atoms with Crippen LogP contribution in [-0.4, -0.2) is 49.5 Å². The number of aromatic hydroxyl groups is 1. The molecule has 2 heterocycles. The van der Waals surface area contributed by atoms with Crippen molar-refractivity contribution in [1.29, 1.82) is 0 Å². The number of anilines is 1. The fourth-order valence-electron chi connectivity index (χ4n) is 5.02. The number of thioether (sulfide) groups is 1. The highest BCUT2D eigenvalue weighted by molar-refractivity contribution is 8.00. The van der Waals surface area contributed by atoms with Crippen LogP contribution in [0.15, 0.2) is 67.0 Å². The molecule has 1 aliphatic heterocycles. The fourth-order valence-corrected chi connectivity index (χ4v) is 6.16. The number of aromatic nitrogens is 1.